The van der Waals surface area contributed by atoms with Crippen LogP contribution in [0.5, 0.6) is 0 Å². The summed E-state index contributed by atoms with van der Waals surface area (Å²) < 4.78 is 6.80. The number of nitrogens with zero attached hydrogens (tertiary/aromatic N) is 1. The summed E-state index contributed by atoms with van der Waals surface area (Å²) in [6, 6.07) is 6.44. The van der Waals surface area contributed by atoms with Gasteiger partial charge in [0.1, 0.15) is 5.84 Å². The van der Waals surface area contributed by atoms with Gasteiger partial charge >= 0.3 is 0 Å². The minimum atomic E-state index is 0.123. The van der Waals surface area contributed by atoms with Crippen molar-refractivity contribution in [3.8, 4) is 0 Å². The fourth-order valence-electron chi connectivity index (χ4n) is 3.20. The van der Waals surface area contributed by atoms with Crippen LogP contribution in [0.2, 0.25) is 0 Å². The molecule has 2 fully saturated rings. The summed E-state index contributed by atoms with van der Waals surface area (Å²) in [4.78, 5) is 2.38. The molecule has 102 valence electrons. The molecule has 3 N–H and O–H groups in total. The Morgan fingerprint density at radius 3 is 3.05 bits per heavy atom. The number of morpholine rings is 1. The van der Waals surface area contributed by atoms with Crippen molar-refractivity contribution < 1.29 is 4.74 Å². The second-order valence-electron chi connectivity index (χ2n) is 5.18. The predicted molar refractivity (Wildman–Crippen MR) is 79.9 cm³/mol. The van der Waals surface area contributed by atoms with Crippen molar-refractivity contribution in [1.29, 1.82) is 5.41 Å². The van der Waals surface area contributed by atoms with E-state index >= 15 is 0 Å². The first-order chi connectivity index (χ1) is 9.16. The molecule has 1 aromatic carbocycles. The number of fused-ring (bicyclic) bond motifs is 1. The average Bonchev–Trinajstić information content (AvgIpc) is 2.86. The van der Waals surface area contributed by atoms with E-state index in [0.717, 1.165) is 41.7 Å². The lowest BCUT2D eigenvalue weighted by atomic mass is 10.1. The summed E-state index contributed by atoms with van der Waals surface area (Å²) >= 11 is 3.45. The molecule has 1 aliphatic heterocycles. The normalized spacial score (nSPS) is 26.3. The zero-order chi connectivity index (χ0) is 13.4. The quantitative estimate of drug-likeness (QED) is 0.649. The molecule has 0 spiro atoms. The fraction of sp³-hybridized carbons (Fsp3) is 0.500. The van der Waals surface area contributed by atoms with Crippen LogP contribution in [-0.2, 0) is 4.74 Å². The molecule has 1 saturated heterocycles. The second-order valence-corrected chi connectivity index (χ2v) is 6.09. The van der Waals surface area contributed by atoms with Crippen LogP contribution in [0, 0.1) is 5.41 Å². The van der Waals surface area contributed by atoms with Crippen molar-refractivity contribution in [3.05, 3.63) is 28.2 Å². The third kappa shape index (κ3) is 2.37. The van der Waals surface area contributed by atoms with Crippen molar-refractivity contribution in [3.63, 3.8) is 0 Å². The van der Waals surface area contributed by atoms with E-state index in [2.05, 4.69) is 26.9 Å². The minimum absolute atomic E-state index is 0.123. The van der Waals surface area contributed by atoms with E-state index in [1.54, 1.807) is 0 Å². The Hall–Kier alpha value is -1.07. The van der Waals surface area contributed by atoms with E-state index in [-0.39, 0.29) is 5.84 Å². The smallest absolute Gasteiger partial charge is 0.124 e. The van der Waals surface area contributed by atoms with Gasteiger partial charge in [-0.15, -0.1) is 0 Å². The van der Waals surface area contributed by atoms with E-state index in [4.69, 9.17) is 15.9 Å². The third-order valence-electron chi connectivity index (χ3n) is 4.04. The number of nitrogen functional groups attached to an aromatic ring is 1. The Bertz CT molecular complexity index is 505. The van der Waals surface area contributed by atoms with E-state index in [1.807, 2.05) is 12.1 Å². The molecule has 3 rings (SSSR count). The molecule has 1 heterocycles. The molecule has 0 aromatic heterocycles. The van der Waals surface area contributed by atoms with Crippen LogP contribution in [0.3, 0.4) is 0 Å². The molecule has 1 saturated carbocycles. The molecule has 5 heteroatoms. The van der Waals surface area contributed by atoms with Gasteiger partial charge in [-0.1, -0.05) is 15.9 Å². The lowest BCUT2D eigenvalue weighted by molar-refractivity contribution is 0.0256. The number of amidine groups is 1. The van der Waals surface area contributed by atoms with Crippen LogP contribution in [0.4, 0.5) is 5.69 Å². The van der Waals surface area contributed by atoms with Gasteiger partial charge in [-0.3, -0.25) is 5.41 Å². The highest BCUT2D eigenvalue weighted by Crippen LogP contribution is 2.35. The zero-order valence-corrected chi connectivity index (χ0v) is 12.3. The Kier molecular flexibility index (Phi) is 3.50. The van der Waals surface area contributed by atoms with Crippen LogP contribution < -0.4 is 10.6 Å². The first-order valence-electron chi connectivity index (χ1n) is 6.69. The molecule has 0 amide bonds. The van der Waals surface area contributed by atoms with E-state index in [1.165, 1.54) is 6.42 Å². The van der Waals surface area contributed by atoms with Gasteiger partial charge < -0.3 is 15.4 Å². The molecule has 4 nitrogen and oxygen atoms in total. The maximum Gasteiger partial charge on any atom is 0.124 e. The summed E-state index contributed by atoms with van der Waals surface area (Å²) in [5.74, 6) is 0.123. The van der Waals surface area contributed by atoms with E-state index in [0.29, 0.717) is 12.1 Å². The van der Waals surface area contributed by atoms with Gasteiger partial charge in [-0.2, -0.15) is 0 Å². The van der Waals surface area contributed by atoms with Crippen LogP contribution in [-0.4, -0.2) is 31.1 Å². The van der Waals surface area contributed by atoms with E-state index < -0.39 is 0 Å². The monoisotopic (exact) mass is 323 g/mol. The molecule has 0 bridgehead atoms. The summed E-state index contributed by atoms with van der Waals surface area (Å²) in [7, 11) is 0. The highest BCUT2D eigenvalue weighted by Gasteiger charge is 2.36. The van der Waals surface area contributed by atoms with Crippen LogP contribution in [0.15, 0.2) is 22.7 Å². The molecule has 2 unspecified atom stereocenters. The highest BCUT2D eigenvalue weighted by atomic mass is 79.9. The number of nitrogens with one attached hydrogen (secondary N) is 1. The standard InChI is InChI=1S/C14H18BrN3O/c15-9-4-5-11(10(8-9)14(16)17)18-6-7-19-13-3-1-2-12(13)18/h4-5,8,12-13H,1-3,6-7H2,(H3,16,17). The molecule has 2 aliphatic rings. The lowest BCUT2D eigenvalue weighted by Gasteiger charge is -2.40. The average molecular weight is 324 g/mol. The van der Waals surface area contributed by atoms with Gasteiger partial charge in [-0.05, 0) is 37.5 Å². The molecule has 19 heavy (non-hydrogen) atoms. The maximum absolute atomic E-state index is 7.78. The molecule has 1 aromatic rings. The molecule has 1 aliphatic carbocycles. The van der Waals surface area contributed by atoms with Gasteiger partial charge in [0.2, 0.25) is 0 Å². The van der Waals surface area contributed by atoms with Crippen molar-refractivity contribution in [1.82, 2.24) is 0 Å². The Labute approximate surface area is 121 Å². The molecule has 0 radical (unpaired) electrons. The Morgan fingerprint density at radius 2 is 2.26 bits per heavy atom. The van der Waals surface area contributed by atoms with Crippen molar-refractivity contribution in [2.75, 3.05) is 18.1 Å². The van der Waals surface area contributed by atoms with Crippen LogP contribution >= 0.6 is 15.9 Å². The van der Waals surface area contributed by atoms with Crippen molar-refractivity contribution in [2.24, 2.45) is 5.73 Å². The fourth-order valence-corrected chi connectivity index (χ4v) is 3.56. The van der Waals surface area contributed by atoms with Gasteiger partial charge in [0.15, 0.2) is 0 Å². The van der Waals surface area contributed by atoms with Gasteiger partial charge in [0.25, 0.3) is 0 Å². The van der Waals surface area contributed by atoms with Crippen LogP contribution in [0.25, 0.3) is 0 Å². The predicted octanol–water partition coefficient (Wildman–Crippen LogP) is 2.49. The number of hydrogen-bond acceptors (Lipinski definition) is 3. The number of rotatable bonds is 2. The summed E-state index contributed by atoms with van der Waals surface area (Å²) in [5.41, 5.74) is 7.60. The molecular weight excluding hydrogens is 306 g/mol. The Morgan fingerprint density at radius 1 is 1.42 bits per heavy atom. The van der Waals surface area contributed by atoms with Crippen LogP contribution in [0.1, 0.15) is 24.8 Å². The lowest BCUT2D eigenvalue weighted by Crippen LogP contribution is -2.49. The zero-order valence-electron chi connectivity index (χ0n) is 10.7. The number of halogens is 1. The maximum atomic E-state index is 7.78. The summed E-state index contributed by atoms with van der Waals surface area (Å²) in [6.45, 7) is 1.64. The SMILES string of the molecule is N=C(N)c1cc(Br)ccc1N1CCOC2CCCC21. The number of benzene rings is 1. The second kappa shape index (κ2) is 5.13. The van der Waals surface area contributed by atoms with Gasteiger partial charge in [0, 0.05) is 22.3 Å². The minimum Gasteiger partial charge on any atom is -0.384 e. The summed E-state index contributed by atoms with van der Waals surface area (Å²) in [6.07, 6.45) is 3.88. The topological polar surface area (TPSA) is 62.3 Å². The first-order valence-corrected chi connectivity index (χ1v) is 7.48. The van der Waals surface area contributed by atoms with Crippen molar-refractivity contribution in [2.45, 2.75) is 31.4 Å². The largest absolute Gasteiger partial charge is 0.384 e. The van der Waals surface area contributed by atoms with Crippen molar-refractivity contribution >= 4 is 27.5 Å². The first kappa shape index (κ1) is 12.9. The number of nitrogens with two attached hydrogens (primary N) is 1. The van der Waals surface area contributed by atoms with Gasteiger partial charge in [0.05, 0.1) is 18.8 Å². The third-order valence-corrected chi connectivity index (χ3v) is 4.53. The molecular formula is C14H18BrN3O. The number of anilines is 1. The summed E-state index contributed by atoms with van der Waals surface area (Å²) in [5, 5.41) is 7.78. The molecule has 2 atom stereocenters. The van der Waals surface area contributed by atoms with E-state index in [9.17, 15) is 0 Å². The number of hydrogen-bond donors (Lipinski definition) is 2. The van der Waals surface area contributed by atoms with Gasteiger partial charge in [-0.25, -0.2) is 0 Å². The number of ether oxygens (including phenoxy) is 1. The highest BCUT2D eigenvalue weighted by molar-refractivity contribution is 9.10. The Balaban J connectivity index is 1.98.